The van der Waals surface area contributed by atoms with Crippen LogP contribution in [0.4, 0.5) is 5.69 Å². The molecule has 0 spiro atoms. The van der Waals surface area contributed by atoms with Crippen LogP contribution in [0.5, 0.6) is 5.75 Å². The first kappa shape index (κ1) is 14.1. The lowest BCUT2D eigenvalue weighted by Crippen LogP contribution is -2.01. The van der Waals surface area contributed by atoms with E-state index in [9.17, 15) is 4.21 Å². The lowest BCUT2D eigenvalue weighted by molar-refractivity contribution is 0.414. The molecule has 0 radical (unpaired) electrons. The zero-order valence-electron chi connectivity index (χ0n) is 10.4. The summed E-state index contributed by atoms with van der Waals surface area (Å²) in [6.07, 6.45) is 0. The van der Waals surface area contributed by atoms with Crippen molar-refractivity contribution in [3.63, 3.8) is 0 Å². The van der Waals surface area contributed by atoms with Crippen LogP contribution < -0.4 is 10.5 Å². The van der Waals surface area contributed by atoms with E-state index in [-0.39, 0.29) is 0 Å². The second kappa shape index (κ2) is 6.21. The molecular weight excluding hydrogens is 326 g/mol. The first-order valence-corrected chi connectivity index (χ1v) is 7.77. The molecule has 2 aromatic carbocycles. The van der Waals surface area contributed by atoms with Crippen molar-refractivity contribution in [2.45, 2.75) is 10.6 Å². The number of halogens is 1. The van der Waals surface area contributed by atoms with Crippen LogP contribution in [0.1, 0.15) is 5.56 Å². The molecule has 0 amide bonds. The molecule has 100 valence electrons. The van der Waals surface area contributed by atoms with Gasteiger partial charge in [-0.25, -0.2) is 0 Å². The smallest absolute Gasteiger partial charge is 0.119 e. The topological polar surface area (TPSA) is 52.3 Å². The third kappa shape index (κ3) is 3.58. The summed E-state index contributed by atoms with van der Waals surface area (Å²) in [5.74, 6) is 1.18. The maximum Gasteiger partial charge on any atom is 0.119 e. The van der Waals surface area contributed by atoms with Crippen molar-refractivity contribution in [3.8, 4) is 5.75 Å². The largest absolute Gasteiger partial charge is 0.497 e. The number of hydrogen-bond donors (Lipinski definition) is 1. The van der Waals surface area contributed by atoms with E-state index in [1.54, 1.807) is 19.2 Å². The third-order valence-corrected chi connectivity index (χ3v) is 4.60. The monoisotopic (exact) mass is 339 g/mol. The minimum absolute atomic E-state index is 0.420. The molecule has 0 aromatic heterocycles. The van der Waals surface area contributed by atoms with Gasteiger partial charge in [0.25, 0.3) is 0 Å². The van der Waals surface area contributed by atoms with E-state index in [1.165, 1.54) is 0 Å². The Balaban J connectivity index is 2.20. The number of ether oxygens (including phenoxy) is 1. The van der Waals surface area contributed by atoms with Crippen LogP contribution in [0.15, 0.2) is 51.8 Å². The summed E-state index contributed by atoms with van der Waals surface area (Å²) in [7, 11) is 0.448. The predicted octanol–water partition coefficient (Wildman–Crippen LogP) is 3.35. The van der Waals surface area contributed by atoms with Gasteiger partial charge < -0.3 is 10.5 Å². The SMILES string of the molecule is COc1cccc(CS(=O)c2ccc(Br)cc2N)c1. The summed E-state index contributed by atoms with van der Waals surface area (Å²) in [6.45, 7) is 0. The average molecular weight is 340 g/mol. The fourth-order valence-corrected chi connectivity index (χ4v) is 3.28. The number of methoxy groups -OCH3 is 1. The van der Waals surface area contributed by atoms with Gasteiger partial charge in [0.05, 0.1) is 28.6 Å². The number of anilines is 1. The van der Waals surface area contributed by atoms with Gasteiger partial charge in [-0.15, -0.1) is 0 Å². The fraction of sp³-hybridized carbons (Fsp3) is 0.143. The van der Waals surface area contributed by atoms with Gasteiger partial charge in [0.15, 0.2) is 0 Å². The van der Waals surface area contributed by atoms with Gasteiger partial charge >= 0.3 is 0 Å². The van der Waals surface area contributed by atoms with Gasteiger partial charge in [-0.1, -0.05) is 28.1 Å². The Hall–Kier alpha value is -1.33. The van der Waals surface area contributed by atoms with Gasteiger partial charge in [0, 0.05) is 10.2 Å². The molecule has 0 aliphatic rings. The van der Waals surface area contributed by atoms with E-state index in [0.29, 0.717) is 16.3 Å². The summed E-state index contributed by atoms with van der Waals surface area (Å²) in [4.78, 5) is 0.658. The molecule has 1 atom stereocenters. The highest BCUT2D eigenvalue weighted by molar-refractivity contribution is 9.10. The lowest BCUT2D eigenvalue weighted by atomic mass is 10.2. The Kier molecular flexibility index (Phi) is 4.61. The Labute approximate surface area is 123 Å². The van der Waals surface area contributed by atoms with Crippen LogP contribution in [-0.4, -0.2) is 11.3 Å². The predicted molar refractivity (Wildman–Crippen MR) is 81.7 cm³/mol. The Morgan fingerprint density at radius 1 is 1.26 bits per heavy atom. The summed E-state index contributed by atoms with van der Waals surface area (Å²) < 4.78 is 18.4. The zero-order valence-corrected chi connectivity index (χ0v) is 12.8. The highest BCUT2D eigenvalue weighted by Gasteiger charge is 2.09. The molecule has 0 heterocycles. The lowest BCUT2D eigenvalue weighted by Gasteiger charge is -2.07. The van der Waals surface area contributed by atoms with E-state index in [2.05, 4.69) is 15.9 Å². The van der Waals surface area contributed by atoms with Crippen LogP contribution in [0.2, 0.25) is 0 Å². The van der Waals surface area contributed by atoms with E-state index in [0.717, 1.165) is 15.8 Å². The van der Waals surface area contributed by atoms with Gasteiger partial charge in [0.1, 0.15) is 5.75 Å². The summed E-state index contributed by atoms with van der Waals surface area (Å²) >= 11 is 3.34. The maximum atomic E-state index is 12.3. The van der Waals surface area contributed by atoms with Crippen molar-refractivity contribution in [2.24, 2.45) is 0 Å². The van der Waals surface area contributed by atoms with E-state index in [1.807, 2.05) is 30.3 Å². The van der Waals surface area contributed by atoms with E-state index < -0.39 is 10.8 Å². The van der Waals surface area contributed by atoms with Gasteiger partial charge in [-0.05, 0) is 35.9 Å². The van der Waals surface area contributed by atoms with Gasteiger partial charge in [-0.3, -0.25) is 4.21 Å². The third-order valence-electron chi connectivity index (χ3n) is 2.65. The molecule has 5 heteroatoms. The highest BCUT2D eigenvalue weighted by Crippen LogP contribution is 2.24. The van der Waals surface area contributed by atoms with E-state index >= 15 is 0 Å². The molecule has 0 saturated heterocycles. The molecule has 2 N–H and O–H groups in total. The molecule has 0 aliphatic carbocycles. The minimum Gasteiger partial charge on any atom is -0.497 e. The number of nitrogens with two attached hydrogens (primary N) is 1. The van der Waals surface area contributed by atoms with Crippen LogP contribution in [0, 0.1) is 0 Å². The fourth-order valence-electron chi connectivity index (χ4n) is 1.72. The second-order valence-corrected chi connectivity index (χ2v) is 6.36. The molecule has 0 fully saturated rings. The van der Waals surface area contributed by atoms with Crippen LogP contribution in [-0.2, 0) is 16.6 Å². The summed E-state index contributed by atoms with van der Waals surface area (Å²) in [5.41, 5.74) is 7.38. The van der Waals surface area contributed by atoms with Gasteiger partial charge in [0.2, 0.25) is 0 Å². The van der Waals surface area contributed by atoms with Crippen molar-refractivity contribution in [1.29, 1.82) is 0 Å². The first-order valence-electron chi connectivity index (χ1n) is 5.66. The molecule has 19 heavy (non-hydrogen) atoms. The Bertz CT molecular complexity index is 616. The number of benzene rings is 2. The highest BCUT2D eigenvalue weighted by atomic mass is 79.9. The normalized spacial score (nSPS) is 12.1. The Morgan fingerprint density at radius 2 is 2.05 bits per heavy atom. The van der Waals surface area contributed by atoms with Crippen molar-refractivity contribution in [1.82, 2.24) is 0 Å². The molecule has 2 rings (SSSR count). The average Bonchev–Trinajstić information content (AvgIpc) is 2.38. The van der Waals surface area contributed by atoms with Crippen molar-refractivity contribution in [2.75, 3.05) is 12.8 Å². The molecule has 0 saturated carbocycles. The Morgan fingerprint density at radius 3 is 2.74 bits per heavy atom. The summed E-state index contributed by atoms with van der Waals surface area (Å²) in [6, 6.07) is 12.9. The van der Waals surface area contributed by atoms with Crippen molar-refractivity contribution < 1.29 is 8.95 Å². The molecule has 2 aromatic rings. The number of rotatable bonds is 4. The molecule has 1 unspecified atom stereocenters. The quantitative estimate of drug-likeness (QED) is 0.869. The summed E-state index contributed by atoms with van der Waals surface area (Å²) in [5, 5.41) is 0. The zero-order chi connectivity index (χ0) is 13.8. The minimum atomic E-state index is -1.17. The molecule has 0 bridgehead atoms. The van der Waals surface area contributed by atoms with Crippen LogP contribution in [0.3, 0.4) is 0 Å². The standard InChI is InChI=1S/C14H14BrNO2S/c1-18-12-4-2-3-10(7-12)9-19(17)14-6-5-11(15)8-13(14)16/h2-8H,9,16H2,1H3. The van der Waals surface area contributed by atoms with Crippen LogP contribution >= 0.6 is 15.9 Å². The number of hydrogen-bond acceptors (Lipinski definition) is 3. The second-order valence-electron chi connectivity index (χ2n) is 4.02. The maximum absolute atomic E-state index is 12.3. The molecular formula is C14H14BrNO2S. The number of nitrogen functional groups attached to an aromatic ring is 1. The van der Waals surface area contributed by atoms with Gasteiger partial charge in [-0.2, -0.15) is 0 Å². The van der Waals surface area contributed by atoms with Crippen molar-refractivity contribution >= 4 is 32.4 Å². The molecule has 0 aliphatic heterocycles. The van der Waals surface area contributed by atoms with E-state index in [4.69, 9.17) is 10.5 Å². The van der Waals surface area contributed by atoms with Crippen molar-refractivity contribution in [3.05, 3.63) is 52.5 Å². The van der Waals surface area contributed by atoms with Crippen LogP contribution in [0.25, 0.3) is 0 Å². The first-order chi connectivity index (χ1) is 9.10. The molecule has 3 nitrogen and oxygen atoms in total.